The molecule has 96 valence electrons. The van der Waals surface area contributed by atoms with E-state index >= 15 is 0 Å². The largest absolute Gasteiger partial charge is 0.375 e. The number of pyridine rings is 1. The number of rotatable bonds is 2. The molecule has 1 atom stereocenters. The third-order valence-electron chi connectivity index (χ3n) is 3.26. The van der Waals surface area contributed by atoms with Crippen molar-refractivity contribution >= 4 is 11.6 Å². The molecule has 1 aliphatic rings. The SMILES string of the molecule is O=C1Nc2ccc(F)cc2C1(O)Cc1ccncc1. The topological polar surface area (TPSA) is 62.2 Å². The van der Waals surface area contributed by atoms with Crippen LogP contribution < -0.4 is 5.32 Å². The van der Waals surface area contributed by atoms with E-state index in [-0.39, 0.29) is 12.0 Å². The van der Waals surface area contributed by atoms with Gasteiger partial charge in [-0.2, -0.15) is 0 Å². The Morgan fingerprint density at radius 1 is 1.26 bits per heavy atom. The highest BCUT2D eigenvalue weighted by atomic mass is 19.1. The molecular formula is C14H11FN2O2. The fourth-order valence-electron chi connectivity index (χ4n) is 2.29. The molecule has 3 rings (SSSR count). The van der Waals surface area contributed by atoms with Gasteiger partial charge in [0, 0.05) is 30.1 Å². The van der Waals surface area contributed by atoms with Crippen molar-refractivity contribution in [2.75, 3.05) is 5.32 Å². The first kappa shape index (κ1) is 11.8. The molecule has 0 aliphatic carbocycles. The minimum Gasteiger partial charge on any atom is -0.375 e. The standard InChI is InChI=1S/C14H11FN2O2/c15-10-1-2-12-11(7-10)14(19,13(18)17-12)8-9-3-5-16-6-4-9/h1-7,19H,8H2,(H,17,18). The van der Waals surface area contributed by atoms with Crippen LogP contribution in [-0.2, 0) is 16.8 Å². The zero-order valence-electron chi connectivity index (χ0n) is 9.93. The summed E-state index contributed by atoms with van der Waals surface area (Å²) >= 11 is 0. The molecule has 1 aromatic carbocycles. The molecule has 0 fully saturated rings. The fourth-order valence-corrected chi connectivity index (χ4v) is 2.29. The fraction of sp³-hybridized carbons (Fsp3) is 0.143. The van der Waals surface area contributed by atoms with Crippen LogP contribution in [0.2, 0.25) is 0 Å². The van der Waals surface area contributed by atoms with Crippen molar-refractivity contribution in [1.82, 2.24) is 4.98 Å². The Morgan fingerprint density at radius 2 is 2.00 bits per heavy atom. The van der Waals surface area contributed by atoms with Crippen molar-refractivity contribution in [3.05, 3.63) is 59.7 Å². The van der Waals surface area contributed by atoms with E-state index in [1.165, 1.54) is 18.2 Å². The summed E-state index contributed by atoms with van der Waals surface area (Å²) in [6, 6.07) is 7.31. The van der Waals surface area contributed by atoms with Crippen LogP contribution in [-0.4, -0.2) is 16.0 Å². The van der Waals surface area contributed by atoms with Crippen molar-refractivity contribution in [1.29, 1.82) is 0 Å². The zero-order chi connectivity index (χ0) is 13.5. The molecule has 1 amide bonds. The number of amides is 1. The lowest BCUT2D eigenvalue weighted by Gasteiger charge is -2.20. The van der Waals surface area contributed by atoms with E-state index in [4.69, 9.17) is 0 Å². The maximum absolute atomic E-state index is 13.3. The number of nitrogens with one attached hydrogen (secondary N) is 1. The van der Waals surface area contributed by atoms with E-state index in [9.17, 15) is 14.3 Å². The van der Waals surface area contributed by atoms with Gasteiger partial charge in [-0.05, 0) is 35.9 Å². The molecular weight excluding hydrogens is 247 g/mol. The van der Waals surface area contributed by atoms with Crippen molar-refractivity contribution in [2.45, 2.75) is 12.0 Å². The molecule has 1 unspecified atom stereocenters. The number of carbonyl (C=O) groups excluding carboxylic acids is 1. The van der Waals surface area contributed by atoms with Gasteiger partial charge in [-0.25, -0.2) is 4.39 Å². The van der Waals surface area contributed by atoms with Crippen molar-refractivity contribution in [2.24, 2.45) is 0 Å². The summed E-state index contributed by atoms with van der Waals surface area (Å²) in [5, 5.41) is 13.2. The maximum Gasteiger partial charge on any atom is 0.261 e. The van der Waals surface area contributed by atoms with Gasteiger partial charge in [0.1, 0.15) is 5.82 Å². The molecule has 0 radical (unpaired) electrons. The summed E-state index contributed by atoms with van der Waals surface area (Å²) in [5.41, 5.74) is -0.263. The van der Waals surface area contributed by atoms with E-state index < -0.39 is 17.3 Å². The smallest absolute Gasteiger partial charge is 0.261 e. The summed E-state index contributed by atoms with van der Waals surface area (Å²) in [7, 11) is 0. The van der Waals surface area contributed by atoms with E-state index in [0.29, 0.717) is 5.69 Å². The summed E-state index contributed by atoms with van der Waals surface area (Å²) in [5.74, 6) is -1.02. The van der Waals surface area contributed by atoms with E-state index in [1.54, 1.807) is 24.5 Å². The Kier molecular flexibility index (Phi) is 2.57. The summed E-state index contributed by atoms with van der Waals surface area (Å²) in [6.45, 7) is 0. The maximum atomic E-state index is 13.3. The van der Waals surface area contributed by atoms with Gasteiger partial charge in [-0.15, -0.1) is 0 Å². The molecule has 5 heteroatoms. The molecule has 0 spiro atoms. The first-order valence-corrected chi connectivity index (χ1v) is 5.82. The molecule has 2 heterocycles. The molecule has 19 heavy (non-hydrogen) atoms. The third kappa shape index (κ3) is 1.88. The van der Waals surface area contributed by atoms with Crippen molar-refractivity contribution in [3.8, 4) is 0 Å². The average Bonchev–Trinajstić information content (AvgIpc) is 2.64. The molecule has 0 bridgehead atoms. The molecule has 1 aromatic heterocycles. The van der Waals surface area contributed by atoms with Crippen LogP contribution in [0, 0.1) is 5.82 Å². The minimum absolute atomic E-state index is 0.0812. The van der Waals surface area contributed by atoms with Gasteiger partial charge in [0.15, 0.2) is 5.60 Å². The Labute approximate surface area is 108 Å². The highest BCUT2D eigenvalue weighted by Crippen LogP contribution is 2.38. The lowest BCUT2D eigenvalue weighted by molar-refractivity contribution is -0.133. The molecule has 0 saturated heterocycles. The second-order valence-corrected chi connectivity index (χ2v) is 4.54. The minimum atomic E-state index is -1.74. The van der Waals surface area contributed by atoms with Gasteiger partial charge in [0.05, 0.1) is 0 Å². The van der Waals surface area contributed by atoms with E-state index in [1.807, 2.05) is 0 Å². The van der Waals surface area contributed by atoms with Crippen LogP contribution in [0.5, 0.6) is 0 Å². The number of hydrogen-bond acceptors (Lipinski definition) is 3. The molecule has 2 aromatic rings. The Balaban J connectivity index is 2.04. The van der Waals surface area contributed by atoms with Gasteiger partial charge in [-0.1, -0.05) is 0 Å². The van der Waals surface area contributed by atoms with Crippen LogP contribution in [0.15, 0.2) is 42.7 Å². The van der Waals surface area contributed by atoms with E-state index in [0.717, 1.165) is 5.56 Å². The van der Waals surface area contributed by atoms with E-state index in [2.05, 4.69) is 10.3 Å². The Bertz CT molecular complexity index is 645. The second-order valence-electron chi connectivity index (χ2n) is 4.54. The number of benzene rings is 1. The van der Waals surface area contributed by atoms with Crippen LogP contribution in [0.4, 0.5) is 10.1 Å². The van der Waals surface area contributed by atoms with Gasteiger partial charge in [0.2, 0.25) is 0 Å². The molecule has 1 aliphatic heterocycles. The summed E-state index contributed by atoms with van der Waals surface area (Å²) in [4.78, 5) is 15.8. The number of hydrogen-bond donors (Lipinski definition) is 2. The van der Waals surface area contributed by atoms with Gasteiger partial charge in [-0.3, -0.25) is 9.78 Å². The first-order valence-electron chi connectivity index (χ1n) is 5.82. The predicted molar refractivity (Wildman–Crippen MR) is 66.9 cm³/mol. The van der Waals surface area contributed by atoms with Gasteiger partial charge >= 0.3 is 0 Å². The van der Waals surface area contributed by atoms with Crippen LogP contribution in [0.3, 0.4) is 0 Å². The average molecular weight is 258 g/mol. The lowest BCUT2D eigenvalue weighted by Crippen LogP contribution is -2.36. The lowest BCUT2D eigenvalue weighted by atomic mass is 9.89. The number of aromatic nitrogens is 1. The molecule has 2 N–H and O–H groups in total. The normalized spacial score (nSPS) is 21.1. The van der Waals surface area contributed by atoms with Crippen LogP contribution in [0.1, 0.15) is 11.1 Å². The quantitative estimate of drug-likeness (QED) is 0.860. The summed E-state index contributed by atoms with van der Waals surface area (Å²) < 4.78 is 13.3. The van der Waals surface area contributed by atoms with Gasteiger partial charge < -0.3 is 10.4 Å². The molecule has 4 nitrogen and oxygen atoms in total. The number of halogens is 1. The number of fused-ring (bicyclic) bond motifs is 1. The number of anilines is 1. The third-order valence-corrected chi connectivity index (χ3v) is 3.26. The van der Waals surface area contributed by atoms with Crippen molar-refractivity contribution < 1.29 is 14.3 Å². The molecule has 0 saturated carbocycles. The first-order chi connectivity index (χ1) is 9.09. The van der Waals surface area contributed by atoms with Crippen LogP contribution in [0.25, 0.3) is 0 Å². The number of aliphatic hydroxyl groups is 1. The van der Waals surface area contributed by atoms with Crippen molar-refractivity contribution in [3.63, 3.8) is 0 Å². The van der Waals surface area contributed by atoms with Crippen LogP contribution >= 0.6 is 0 Å². The number of nitrogens with zero attached hydrogens (tertiary/aromatic N) is 1. The Hall–Kier alpha value is -2.27. The highest BCUT2D eigenvalue weighted by Gasteiger charge is 2.45. The predicted octanol–water partition coefficient (Wildman–Crippen LogP) is 1.60. The number of carbonyl (C=O) groups is 1. The summed E-state index contributed by atoms with van der Waals surface area (Å²) in [6.07, 6.45) is 3.24. The Morgan fingerprint density at radius 3 is 2.74 bits per heavy atom. The zero-order valence-corrected chi connectivity index (χ0v) is 9.93. The highest BCUT2D eigenvalue weighted by molar-refractivity contribution is 6.05. The second kappa shape index (κ2) is 4.13. The van der Waals surface area contributed by atoms with Gasteiger partial charge in [0.25, 0.3) is 5.91 Å². The monoisotopic (exact) mass is 258 g/mol.